The van der Waals surface area contributed by atoms with E-state index in [0.29, 0.717) is 24.0 Å². The van der Waals surface area contributed by atoms with Gasteiger partial charge in [0.15, 0.2) is 5.76 Å². The maximum atomic E-state index is 12.1. The lowest BCUT2D eigenvalue weighted by Crippen LogP contribution is -2.42. The minimum absolute atomic E-state index is 0.0106. The second-order valence-electron chi connectivity index (χ2n) is 6.51. The fourth-order valence-electron chi connectivity index (χ4n) is 3.01. The van der Waals surface area contributed by atoms with Crippen LogP contribution in [0, 0.1) is 5.92 Å². The van der Waals surface area contributed by atoms with Crippen LogP contribution in [0.15, 0.2) is 27.3 Å². The number of furan rings is 1. The van der Waals surface area contributed by atoms with Crippen molar-refractivity contribution in [2.45, 2.75) is 38.8 Å². The Balaban J connectivity index is 1.53. The van der Waals surface area contributed by atoms with Crippen LogP contribution in [0.1, 0.15) is 38.6 Å². The predicted molar refractivity (Wildman–Crippen MR) is 89.4 cm³/mol. The van der Waals surface area contributed by atoms with Crippen molar-refractivity contribution in [1.29, 1.82) is 0 Å². The molecule has 25 heavy (non-hydrogen) atoms. The molecule has 1 saturated heterocycles. The summed E-state index contributed by atoms with van der Waals surface area (Å²) in [7, 11) is 0. The molecule has 0 aliphatic carbocycles. The van der Waals surface area contributed by atoms with Gasteiger partial charge in [0, 0.05) is 12.5 Å². The van der Waals surface area contributed by atoms with Crippen LogP contribution < -0.4 is 5.32 Å². The van der Waals surface area contributed by atoms with Gasteiger partial charge in [-0.1, -0.05) is 5.16 Å². The van der Waals surface area contributed by atoms with Crippen molar-refractivity contribution in [2.75, 3.05) is 19.6 Å². The third-order valence-electron chi connectivity index (χ3n) is 4.56. The molecule has 1 amide bonds. The number of nitrogens with one attached hydrogen (secondary N) is 1. The summed E-state index contributed by atoms with van der Waals surface area (Å²) >= 11 is 0. The highest BCUT2D eigenvalue weighted by atomic mass is 16.5. The van der Waals surface area contributed by atoms with E-state index in [0.717, 1.165) is 25.9 Å². The Morgan fingerprint density at radius 3 is 2.84 bits per heavy atom. The first kappa shape index (κ1) is 17.6. The Morgan fingerprint density at radius 2 is 2.20 bits per heavy atom. The van der Waals surface area contributed by atoms with Gasteiger partial charge in [0.05, 0.1) is 18.4 Å². The van der Waals surface area contributed by atoms with Gasteiger partial charge < -0.3 is 19.4 Å². The Bertz CT molecular complexity index is 675. The molecule has 1 aliphatic heterocycles. The minimum Gasteiger partial charge on any atom is -0.461 e. The van der Waals surface area contributed by atoms with Gasteiger partial charge in [-0.2, -0.15) is 4.98 Å². The van der Waals surface area contributed by atoms with E-state index in [1.165, 1.54) is 0 Å². The number of aliphatic hydroxyl groups is 1. The molecule has 3 rings (SSSR count). The van der Waals surface area contributed by atoms with Crippen LogP contribution in [0.4, 0.5) is 0 Å². The zero-order valence-corrected chi connectivity index (χ0v) is 14.5. The van der Waals surface area contributed by atoms with E-state index in [1.807, 2.05) is 6.92 Å². The molecule has 0 spiro atoms. The smallest absolute Gasteiger partial charge is 0.244 e. The maximum absolute atomic E-state index is 12.1. The second-order valence-corrected chi connectivity index (χ2v) is 6.51. The molecule has 0 saturated carbocycles. The highest BCUT2D eigenvalue weighted by Gasteiger charge is 2.30. The van der Waals surface area contributed by atoms with Gasteiger partial charge in [0.25, 0.3) is 0 Å². The minimum atomic E-state index is -0.523. The maximum Gasteiger partial charge on any atom is 0.244 e. The molecule has 2 aromatic heterocycles. The van der Waals surface area contributed by atoms with Crippen molar-refractivity contribution in [3.05, 3.63) is 24.3 Å². The Kier molecular flexibility index (Phi) is 5.50. The monoisotopic (exact) mass is 348 g/mol. The number of nitrogens with zero attached hydrogens (tertiary/aromatic N) is 3. The molecule has 1 fully saturated rings. The lowest BCUT2D eigenvalue weighted by Gasteiger charge is -2.33. The van der Waals surface area contributed by atoms with Crippen molar-refractivity contribution in [1.82, 2.24) is 20.4 Å². The molecular weight excluding hydrogens is 324 g/mol. The number of likely N-dealkylation sites (tertiary alicyclic amines) is 1. The van der Waals surface area contributed by atoms with E-state index in [2.05, 4.69) is 20.4 Å². The zero-order chi connectivity index (χ0) is 17.8. The number of carbonyl (C=O) groups excluding carboxylic acids is 1. The summed E-state index contributed by atoms with van der Waals surface area (Å²) in [5.74, 6) is 1.58. The molecule has 2 aromatic rings. The van der Waals surface area contributed by atoms with Crippen molar-refractivity contribution in [3.63, 3.8) is 0 Å². The first-order valence-electron chi connectivity index (χ1n) is 8.62. The zero-order valence-electron chi connectivity index (χ0n) is 14.5. The first-order valence-corrected chi connectivity index (χ1v) is 8.62. The number of aromatic nitrogens is 2. The quantitative estimate of drug-likeness (QED) is 0.817. The van der Waals surface area contributed by atoms with Gasteiger partial charge in [-0.15, -0.1) is 0 Å². The van der Waals surface area contributed by atoms with Crippen molar-refractivity contribution in [2.24, 2.45) is 5.92 Å². The third-order valence-corrected chi connectivity index (χ3v) is 4.56. The average molecular weight is 348 g/mol. The van der Waals surface area contributed by atoms with E-state index in [4.69, 9.17) is 8.94 Å². The number of amides is 1. The van der Waals surface area contributed by atoms with Crippen LogP contribution in [-0.4, -0.2) is 51.8 Å². The standard InChI is InChI=1S/C17H24N4O4/c1-11(22)10-18-16(23)13-5-7-21(8-6-13)12(2)17-19-15(20-25-17)14-4-3-9-24-14/h3-4,9,11-13,22H,5-8,10H2,1-2H3,(H,18,23)/t11-,12-/m0/s1. The number of piperidine rings is 1. The van der Waals surface area contributed by atoms with Gasteiger partial charge in [-0.3, -0.25) is 9.69 Å². The van der Waals surface area contributed by atoms with Crippen LogP contribution in [-0.2, 0) is 4.79 Å². The van der Waals surface area contributed by atoms with Crippen LogP contribution in [0.2, 0.25) is 0 Å². The molecule has 8 heteroatoms. The molecule has 0 aromatic carbocycles. The van der Waals surface area contributed by atoms with Gasteiger partial charge in [0.2, 0.25) is 17.6 Å². The average Bonchev–Trinajstić information content (AvgIpc) is 3.30. The van der Waals surface area contributed by atoms with E-state index < -0.39 is 6.10 Å². The largest absolute Gasteiger partial charge is 0.461 e. The number of hydrogen-bond acceptors (Lipinski definition) is 7. The number of aliphatic hydroxyl groups excluding tert-OH is 1. The molecule has 0 unspecified atom stereocenters. The highest BCUT2D eigenvalue weighted by molar-refractivity contribution is 5.78. The third kappa shape index (κ3) is 4.26. The SMILES string of the molecule is C[C@H](O)CNC(=O)C1CCN([C@@H](C)c2nc(-c3ccco3)no2)CC1. The van der Waals surface area contributed by atoms with E-state index in [-0.39, 0.29) is 17.9 Å². The van der Waals surface area contributed by atoms with Gasteiger partial charge >= 0.3 is 0 Å². The fourth-order valence-corrected chi connectivity index (χ4v) is 3.01. The van der Waals surface area contributed by atoms with Crippen molar-refractivity contribution in [3.8, 4) is 11.6 Å². The number of carbonyl (C=O) groups is 1. The molecule has 2 atom stereocenters. The second kappa shape index (κ2) is 7.79. The molecule has 8 nitrogen and oxygen atoms in total. The Labute approximate surface area is 146 Å². The van der Waals surface area contributed by atoms with Crippen LogP contribution in [0.3, 0.4) is 0 Å². The van der Waals surface area contributed by atoms with Crippen LogP contribution >= 0.6 is 0 Å². The molecule has 136 valence electrons. The predicted octanol–water partition coefficient (Wildman–Crippen LogP) is 1.60. The number of hydrogen-bond donors (Lipinski definition) is 2. The Hall–Kier alpha value is -2.19. The normalized spacial score (nSPS) is 18.8. The summed E-state index contributed by atoms with van der Waals surface area (Å²) in [6, 6.07) is 3.55. The lowest BCUT2D eigenvalue weighted by atomic mass is 9.95. The molecule has 2 N–H and O–H groups in total. The summed E-state index contributed by atoms with van der Waals surface area (Å²) in [4.78, 5) is 18.7. The van der Waals surface area contributed by atoms with Crippen LogP contribution in [0.5, 0.6) is 0 Å². The summed E-state index contributed by atoms with van der Waals surface area (Å²) < 4.78 is 10.7. The van der Waals surface area contributed by atoms with E-state index in [1.54, 1.807) is 25.3 Å². The number of rotatable bonds is 6. The molecule has 0 radical (unpaired) electrons. The van der Waals surface area contributed by atoms with Crippen molar-refractivity contribution < 1.29 is 18.8 Å². The summed E-state index contributed by atoms with van der Waals surface area (Å²) in [6.45, 7) is 5.55. The summed E-state index contributed by atoms with van der Waals surface area (Å²) in [5.41, 5.74) is 0. The highest BCUT2D eigenvalue weighted by Crippen LogP contribution is 2.27. The van der Waals surface area contributed by atoms with E-state index in [9.17, 15) is 9.90 Å². The molecular formula is C17H24N4O4. The van der Waals surface area contributed by atoms with Crippen molar-refractivity contribution >= 4 is 5.91 Å². The Morgan fingerprint density at radius 1 is 1.44 bits per heavy atom. The first-order chi connectivity index (χ1) is 12.0. The lowest BCUT2D eigenvalue weighted by molar-refractivity contribution is -0.127. The fraction of sp³-hybridized carbons (Fsp3) is 0.588. The van der Waals surface area contributed by atoms with E-state index >= 15 is 0 Å². The molecule has 0 bridgehead atoms. The topological polar surface area (TPSA) is 105 Å². The van der Waals surface area contributed by atoms with Gasteiger partial charge in [0.1, 0.15) is 0 Å². The van der Waals surface area contributed by atoms with Gasteiger partial charge in [-0.25, -0.2) is 0 Å². The molecule has 1 aliphatic rings. The summed E-state index contributed by atoms with van der Waals surface area (Å²) in [5, 5.41) is 16.0. The summed E-state index contributed by atoms with van der Waals surface area (Å²) in [6.07, 6.45) is 2.59. The van der Waals surface area contributed by atoms with Crippen LogP contribution in [0.25, 0.3) is 11.6 Å². The van der Waals surface area contributed by atoms with Gasteiger partial charge in [-0.05, 0) is 51.9 Å². The molecule has 3 heterocycles.